The standard InChI is InChI=1S/C14H11BrFNO2/c15-12-6-5-11(16)7-13(12)19-8-9-1-3-10(4-2-9)14(17)18/h1-7H,8H2,(H2,17,18). The van der Waals surface area contributed by atoms with Gasteiger partial charge in [0.25, 0.3) is 0 Å². The second-order valence-corrected chi connectivity index (χ2v) is 4.78. The number of hydrogen-bond acceptors (Lipinski definition) is 2. The molecule has 5 heteroatoms. The smallest absolute Gasteiger partial charge is 0.248 e. The highest BCUT2D eigenvalue weighted by Gasteiger charge is 2.04. The number of halogens is 2. The summed E-state index contributed by atoms with van der Waals surface area (Å²) in [4.78, 5) is 10.9. The number of hydrogen-bond donors (Lipinski definition) is 1. The zero-order valence-corrected chi connectivity index (χ0v) is 11.5. The molecule has 0 heterocycles. The van der Waals surface area contributed by atoms with Crippen LogP contribution in [0.25, 0.3) is 0 Å². The number of amides is 1. The maximum absolute atomic E-state index is 13.1. The van der Waals surface area contributed by atoms with Crippen molar-refractivity contribution >= 4 is 21.8 Å². The van der Waals surface area contributed by atoms with Crippen LogP contribution >= 0.6 is 15.9 Å². The van der Waals surface area contributed by atoms with Crippen LogP contribution in [0.15, 0.2) is 46.9 Å². The summed E-state index contributed by atoms with van der Waals surface area (Å²) in [6, 6.07) is 11.0. The average molecular weight is 324 g/mol. The van der Waals surface area contributed by atoms with Gasteiger partial charge in [-0.1, -0.05) is 12.1 Å². The van der Waals surface area contributed by atoms with Gasteiger partial charge >= 0.3 is 0 Å². The molecule has 0 saturated heterocycles. The molecule has 0 aliphatic rings. The topological polar surface area (TPSA) is 52.3 Å². The number of benzene rings is 2. The highest BCUT2D eigenvalue weighted by Crippen LogP contribution is 2.26. The van der Waals surface area contributed by atoms with Gasteiger partial charge in [-0.2, -0.15) is 0 Å². The van der Waals surface area contributed by atoms with Gasteiger partial charge in [0.05, 0.1) is 4.47 Å². The molecule has 19 heavy (non-hydrogen) atoms. The Kier molecular flexibility index (Phi) is 4.16. The molecule has 0 aliphatic heterocycles. The predicted molar refractivity (Wildman–Crippen MR) is 73.4 cm³/mol. The van der Waals surface area contributed by atoms with Crippen molar-refractivity contribution in [3.63, 3.8) is 0 Å². The van der Waals surface area contributed by atoms with Crippen LogP contribution in [0.1, 0.15) is 15.9 Å². The predicted octanol–water partition coefficient (Wildman–Crippen LogP) is 3.27. The summed E-state index contributed by atoms with van der Waals surface area (Å²) in [5.41, 5.74) is 6.45. The molecule has 2 N–H and O–H groups in total. The van der Waals surface area contributed by atoms with Gasteiger partial charge in [-0.05, 0) is 45.8 Å². The first kappa shape index (κ1) is 13.5. The van der Waals surface area contributed by atoms with E-state index in [2.05, 4.69) is 15.9 Å². The lowest BCUT2D eigenvalue weighted by atomic mass is 10.1. The number of rotatable bonds is 4. The summed E-state index contributed by atoms with van der Waals surface area (Å²) < 4.78 is 19.2. The zero-order chi connectivity index (χ0) is 13.8. The van der Waals surface area contributed by atoms with Crippen molar-refractivity contribution in [2.75, 3.05) is 0 Å². The van der Waals surface area contributed by atoms with Gasteiger partial charge < -0.3 is 10.5 Å². The van der Waals surface area contributed by atoms with Crippen molar-refractivity contribution in [3.05, 3.63) is 63.9 Å². The second kappa shape index (κ2) is 5.84. The summed E-state index contributed by atoms with van der Waals surface area (Å²) in [7, 11) is 0. The fourth-order valence-electron chi connectivity index (χ4n) is 1.51. The lowest BCUT2D eigenvalue weighted by Crippen LogP contribution is -2.10. The van der Waals surface area contributed by atoms with Crippen LogP contribution in [-0.2, 0) is 6.61 Å². The van der Waals surface area contributed by atoms with Crippen LogP contribution in [0.5, 0.6) is 5.75 Å². The number of carbonyl (C=O) groups excluding carboxylic acids is 1. The largest absolute Gasteiger partial charge is 0.488 e. The summed E-state index contributed by atoms with van der Waals surface area (Å²) in [5, 5.41) is 0. The number of ether oxygens (including phenoxy) is 1. The SMILES string of the molecule is NC(=O)c1ccc(COc2cc(F)ccc2Br)cc1. The summed E-state index contributed by atoms with van der Waals surface area (Å²) in [6.45, 7) is 0.279. The molecule has 0 fully saturated rings. The lowest BCUT2D eigenvalue weighted by Gasteiger charge is -2.08. The summed E-state index contributed by atoms with van der Waals surface area (Å²) in [6.07, 6.45) is 0. The van der Waals surface area contributed by atoms with Gasteiger partial charge in [0, 0.05) is 11.6 Å². The number of primary amides is 1. The summed E-state index contributed by atoms with van der Waals surface area (Å²) in [5.74, 6) is -0.401. The molecule has 1 amide bonds. The summed E-state index contributed by atoms with van der Waals surface area (Å²) >= 11 is 3.28. The van der Waals surface area contributed by atoms with Gasteiger partial charge in [0.2, 0.25) is 5.91 Å². The molecule has 0 saturated carbocycles. The fraction of sp³-hybridized carbons (Fsp3) is 0.0714. The molecule has 0 aliphatic carbocycles. The molecule has 98 valence electrons. The molecule has 0 atom stereocenters. The van der Waals surface area contributed by atoms with Gasteiger partial charge in [-0.3, -0.25) is 4.79 Å². The molecule has 0 radical (unpaired) electrons. The first-order valence-electron chi connectivity index (χ1n) is 5.53. The van der Waals surface area contributed by atoms with E-state index in [1.807, 2.05) is 0 Å². The molecular weight excluding hydrogens is 313 g/mol. The minimum absolute atomic E-state index is 0.279. The van der Waals surface area contributed by atoms with Crippen molar-refractivity contribution in [3.8, 4) is 5.75 Å². The van der Waals surface area contributed by atoms with E-state index in [9.17, 15) is 9.18 Å². The minimum Gasteiger partial charge on any atom is -0.488 e. The van der Waals surface area contributed by atoms with Crippen LogP contribution in [-0.4, -0.2) is 5.91 Å². The maximum atomic E-state index is 13.1. The molecule has 2 aromatic carbocycles. The van der Waals surface area contributed by atoms with Gasteiger partial charge in [-0.25, -0.2) is 4.39 Å². The lowest BCUT2D eigenvalue weighted by molar-refractivity contribution is 0.1000. The first-order valence-corrected chi connectivity index (χ1v) is 6.32. The highest BCUT2D eigenvalue weighted by molar-refractivity contribution is 9.10. The molecule has 0 unspecified atom stereocenters. The maximum Gasteiger partial charge on any atom is 0.248 e. The van der Waals surface area contributed by atoms with Crippen molar-refractivity contribution in [1.82, 2.24) is 0 Å². The van der Waals surface area contributed by atoms with Crippen molar-refractivity contribution in [2.24, 2.45) is 5.73 Å². The Morgan fingerprint density at radius 2 is 1.89 bits per heavy atom. The molecule has 3 nitrogen and oxygen atoms in total. The van der Waals surface area contributed by atoms with Gasteiger partial charge in [0.15, 0.2) is 0 Å². The van der Waals surface area contributed by atoms with E-state index in [4.69, 9.17) is 10.5 Å². The monoisotopic (exact) mass is 323 g/mol. The minimum atomic E-state index is -0.472. The van der Waals surface area contributed by atoms with Crippen LogP contribution in [0.2, 0.25) is 0 Å². The average Bonchev–Trinajstić information content (AvgIpc) is 2.40. The Morgan fingerprint density at radius 1 is 1.21 bits per heavy atom. The van der Waals surface area contributed by atoms with Crippen molar-refractivity contribution in [1.29, 1.82) is 0 Å². The molecule has 0 spiro atoms. The fourth-order valence-corrected chi connectivity index (χ4v) is 1.88. The zero-order valence-electron chi connectivity index (χ0n) is 9.90. The van der Waals surface area contributed by atoms with E-state index in [0.717, 1.165) is 5.56 Å². The van der Waals surface area contributed by atoms with Crippen LogP contribution in [0, 0.1) is 5.82 Å². The highest BCUT2D eigenvalue weighted by atomic mass is 79.9. The molecule has 2 rings (SSSR count). The van der Waals surface area contributed by atoms with Crippen LogP contribution in [0.4, 0.5) is 4.39 Å². The molecule has 0 bridgehead atoms. The first-order chi connectivity index (χ1) is 9.06. The number of nitrogens with two attached hydrogens (primary N) is 1. The van der Waals surface area contributed by atoms with Gasteiger partial charge in [0.1, 0.15) is 18.2 Å². The van der Waals surface area contributed by atoms with Crippen LogP contribution < -0.4 is 10.5 Å². The molecular formula is C14H11BrFNO2. The van der Waals surface area contributed by atoms with E-state index < -0.39 is 5.91 Å². The Hall–Kier alpha value is -1.88. The van der Waals surface area contributed by atoms with Crippen molar-refractivity contribution in [2.45, 2.75) is 6.61 Å². The third-order valence-corrected chi connectivity index (χ3v) is 3.18. The third-order valence-electron chi connectivity index (χ3n) is 2.53. The second-order valence-electron chi connectivity index (χ2n) is 3.92. The number of carbonyl (C=O) groups is 1. The molecule has 2 aromatic rings. The Bertz CT molecular complexity index is 599. The Morgan fingerprint density at radius 3 is 2.53 bits per heavy atom. The Balaban J connectivity index is 2.06. The third kappa shape index (κ3) is 3.54. The van der Waals surface area contributed by atoms with E-state index in [-0.39, 0.29) is 12.4 Å². The van der Waals surface area contributed by atoms with E-state index in [0.29, 0.717) is 15.8 Å². The van der Waals surface area contributed by atoms with E-state index >= 15 is 0 Å². The van der Waals surface area contributed by atoms with Gasteiger partial charge in [-0.15, -0.1) is 0 Å². The van der Waals surface area contributed by atoms with Crippen LogP contribution in [0.3, 0.4) is 0 Å². The van der Waals surface area contributed by atoms with E-state index in [1.54, 1.807) is 30.3 Å². The van der Waals surface area contributed by atoms with E-state index in [1.165, 1.54) is 12.1 Å². The van der Waals surface area contributed by atoms with Crippen molar-refractivity contribution < 1.29 is 13.9 Å². The normalized spacial score (nSPS) is 10.2. The molecule has 0 aromatic heterocycles. The Labute approximate surface area is 118 Å². The quantitative estimate of drug-likeness (QED) is 0.938.